The first kappa shape index (κ1) is 23.0. The van der Waals surface area contributed by atoms with Gasteiger partial charge in [-0.2, -0.15) is 0 Å². The van der Waals surface area contributed by atoms with Crippen molar-refractivity contribution in [2.45, 2.75) is 20.1 Å². The van der Waals surface area contributed by atoms with Crippen LogP contribution in [0.15, 0.2) is 83.3 Å². The van der Waals surface area contributed by atoms with E-state index in [2.05, 4.69) is 5.32 Å². The van der Waals surface area contributed by atoms with Crippen molar-refractivity contribution in [1.82, 2.24) is 10.2 Å². The molecule has 4 rings (SSSR count). The van der Waals surface area contributed by atoms with Crippen LogP contribution in [0.4, 0.5) is 4.39 Å². The molecule has 0 saturated carbocycles. The Morgan fingerprint density at radius 1 is 0.971 bits per heavy atom. The van der Waals surface area contributed by atoms with Gasteiger partial charge in [-0.05, 0) is 42.8 Å². The molecular formula is C27H25FN2O4. The van der Waals surface area contributed by atoms with Gasteiger partial charge >= 0.3 is 0 Å². The zero-order valence-corrected chi connectivity index (χ0v) is 18.8. The van der Waals surface area contributed by atoms with E-state index in [-0.39, 0.29) is 43.1 Å². The van der Waals surface area contributed by atoms with Crippen LogP contribution in [0.5, 0.6) is 5.75 Å². The van der Waals surface area contributed by atoms with Gasteiger partial charge in [-0.25, -0.2) is 4.39 Å². The fraction of sp³-hybridized carbons (Fsp3) is 0.185. The SMILES string of the molecule is CCN(CC(=O)NCc1ccc(F)cc1)C(=O)c1oc2ccccc2c1COc1ccccc1. The zero-order valence-electron chi connectivity index (χ0n) is 18.8. The van der Waals surface area contributed by atoms with Gasteiger partial charge in [0.05, 0.1) is 6.54 Å². The molecule has 0 spiro atoms. The number of benzene rings is 3. The Hall–Kier alpha value is -4.13. The average Bonchev–Trinajstić information content (AvgIpc) is 3.24. The summed E-state index contributed by atoms with van der Waals surface area (Å²) in [7, 11) is 0. The summed E-state index contributed by atoms with van der Waals surface area (Å²) < 4.78 is 24.9. The molecule has 1 heterocycles. The van der Waals surface area contributed by atoms with Crippen LogP contribution in [0.1, 0.15) is 28.6 Å². The molecule has 0 aliphatic carbocycles. The van der Waals surface area contributed by atoms with Crippen molar-refractivity contribution in [3.05, 3.63) is 102 Å². The summed E-state index contributed by atoms with van der Waals surface area (Å²) in [6, 6.07) is 22.6. The third-order valence-corrected chi connectivity index (χ3v) is 5.43. The first-order valence-corrected chi connectivity index (χ1v) is 11.0. The predicted octanol–water partition coefficient (Wildman–Crippen LogP) is 4.93. The van der Waals surface area contributed by atoms with E-state index < -0.39 is 0 Å². The van der Waals surface area contributed by atoms with Gasteiger partial charge in [-0.15, -0.1) is 0 Å². The van der Waals surface area contributed by atoms with Gasteiger partial charge < -0.3 is 19.4 Å². The number of hydrogen-bond acceptors (Lipinski definition) is 4. The summed E-state index contributed by atoms with van der Waals surface area (Å²) in [5.74, 6) is -0.209. The number of fused-ring (bicyclic) bond motifs is 1. The normalized spacial score (nSPS) is 10.8. The van der Waals surface area contributed by atoms with Gasteiger partial charge in [0.2, 0.25) is 5.91 Å². The minimum absolute atomic E-state index is 0.132. The Labute approximate surface area is 196 Å². The molecule has 0 radical (unpaired) electrons. The van der Waals surface area contributed by atoms with Crippen LogP contribution >= 0.6 is 0 Å². The van der Waals surface area contributed by atoms with Crippen molar-refractivity contribution in [2.75, 3.05) is 13.1 Å². The Bertz CT molecular complexity index is 1270. The summed E-state index contributed by atoms with van der Waals surface area (Å²) in [5, 5.41) is 3.56. The number of rotatable bonds is 9. The predicted molar refractivity (Wildman–Crippen MR) is 127 cm³/mol. The van der Waals surface area contributed by atoms with E-state index in [0.29, 0.717) is 23.4 Å². The third kappa shape index (κ3) is 5.43. The van der Waals surface area contributed by atoms with E-state index in [0.717, 1.165) is 10.9 Å². The standard InChI is InChI=1S/C27H25FN2O4/c1-2-30(17-25(31)29-16-19-12-14-20(28)15-13-19)27(32)26-23(18-33-21-8-4-3-5-9-21)22-10-6-7-11-24(22)34-26/h3-15H,2,16-18H2,1H3,(H,29,31). The molecule has 4 aromatic rings. The summed E-state index contributed by atoms with van der Waals surface area (Å²) in [4.78, 5) is 27.3. The number of ether oxygens (including phenoxy) is 1. The lowest BCUT2D eigenvalue weighted by Crippen LogP contribution is -2.40. The summed E-state index contributed by atoms with van der Waals surface area (Å²) >= 11 is 0. The van der Waals surface area contributed by atoms with Crippen LogP contribution in [0.3, 0.4) is 0 Å². The number of likely N-dealkylation sites (N-methyl/N-ethyl adjacent to an activating group) is 1. The molecule has 1 N–H and O–H groups in total. The molecule has 0 fully saturated rings. The van der Waals surface area contributed by atoms with Crippen LogP contribution in [0.2, 0.25) is 0 Å². The number of carbonyl (C=O) groups excluding carboxylic acids is 2. The number of furan rings is 1. The lowest BCUT2D eigenvalue weighted by molar-refractivity contribution is -0.121. The maximum absolute atomic E-state index is 13.4. The van der Waals surface area contributed by atoms with Crippen molar-refractivity contribution in [1.29, 1.82) is 0 Å². The van der Waals surface area contributed by atoms with E-state index in [4.69, 9.17) is 9.15 Å². The summed E-state index contributed by atoms with van der Waals surface area (Å²) in [6.07, 6.45) is 0. The molecular weight excluding hydrogens is 435 g/mol. The molecule has 7 heteroatoms. The number of nitrogens with zero attached hydrogens (tertiary/aromatic N) is 1. The Kier molecular flexibility index (Phi) is 7.22. The number of carbonyl (C=O) groups is 2. The molecule has 6 nitrogen and oxygen atoms in total. The van der Waals surface area contributed by atoms with Crippen LogP contribution < -0.4 is 10.1 Å². The molecule has 0 bridgehead atoms. The molecule has 0 atom stereocenters. The highest BCUT2D eigenvalue weighted by atomic mass is 19.1. The molecule has 0 aliphatic rings. The lowest BCUT2D eigenvalue weighted by Gasteiger charge is -2.20. The number of nitrogens with one attached hydrogen (secondary N) is 1. The van der Waals surface area contributed by atoms with Gasteiger partial charge in [-0.1, -0.05) is 48.5 Å². The number of amides is 2. The van der Waals surface area contributed by atoms with Crippen molar-refractivity contribution in [3.8, 4) is 5.75 Å². The second kappa shape index (κ2) is 10.7. The van der Waals surface area contributed by atoms with E-state index in [9.17, 15) is 14.0 Å². The molecule has 174 valence electrons. The van der Waals surface area contributed by atoms with Gasteiger partial charge in [0, 0.05) is 24.0 Å². The maximum Gasteiger partial charge on any atom is 0.290 e. The first-order valence-electron chi connectivity index (χ1n) is 11.0. The summed E-state index contributed by atoms with van der Waals surface area (Å²) in [5.41, 5.74) is 1.98. The molecule has 0 aliphatic heterocycles. The van der Waals surface area contributed by atoms with Crippen LogP contribution in [0, 0.1) is 5.82 Å². The molecule has 2 amide bonds. The number of halogens is 1. The van der Waals surface area contributed by atoms with Gasteiger partial charge in [-0.3, -0.25) is 9.59 Å². The largest absolute Gasteiger partial charge is 0.489 e. The molecule has 0 unspecified atom stereocenters. The van der Waals surface area contributed by atoms with E-state index >= 15 is 0 Å². The highest BCUT2D eigenvalue weighted by molar-refractivity contribution is 6.00. The fourth-order valence-corrected chi connectivity index (χ4v) is 3.59. The van der Waals surface area contributed by atoms with Crippen LogP contribution in [-0.4, -0.2) is 29.8 Å². The second-order valence-electron chi connectivity index (χ2n) is 7.73. The topological polar surface area (TPSA) is 71.8 Å². The Morgan fingerprint density at radius 3 is 2.41 bits per heavy atom. The Morgan fingerprint density at radius 2 is 1.68 bits per heavy atom. The average molecular weight is 461 g/mol. The first-order chi connectivity index (χ1) is 16.5. The lowest BCUT2D eigenvalue weighted by atomic mass is 10.1. The zero-order chi connectivity index (χ0) is 23.9. The van der Waals surface area contributed by atoms with Gasteiger partial charge in [0.1, 0.15) is 23.8 Å². The smallest absolute Gasteiger partial charge is 0.290 e. The molecule has 0 saturated heterocycles. The van der Waals surface area contributed by atoms with Crippen molar-refractivity contribution >= 4 is 22.8 Å². The monoisotopic (exact) mass is 460 g/mol. The highest BCUT2D eigenvalue weighted by Crippen LogP contribution is 2.28. The minimum atomic E-state index is -0.387. The highest BCUT2D eigenvalue weighted by Gasteiger charge is 2.26. The van der Waals surface area contributed by atoms with Gasteiger partial charge in [0.25, 0.3) is 5.91 Å². The fourth-order valence-electron chi connectivity index (χ4n) is 3.59. The second-order valence-corrected chi connectivity index (χ2v) is 7.73. The molecule has 3 aromatic carbocycles. The van der Waals surface area contributed by atoms with Crippen molar-refractivity contribution < 1.29 is 23.1 Å². The number of para-hydroxylation sites is 2. The van der Waals surface area contributed by atoms with Crippen molar-refractivity contribution in [2.24, 2.45) is 0 Å². The minimum Gasteiger partial charge on any atom is -0.489 e. The molecule has 1 aromatic heterocycles. The molecule has 34 heavy (non-hydrogen) atoms. The van der Waals surface area contributed by atoms with Crippen molar-refractivity contribution in [3.63, 3.8) is 0 Å². The van der Waals surface area contributed by atoms with E-state index in [1.807, 2.05) is 48.5 Å². The Balaban J connectivity index is 1.49. The van der Waals surface area contributed by atoms with Crippen LogP contribution in [0.25, 0.3) is 11.0 Å². The quantitative estimate of drug-likeness (QED) is 0.385. The van der Waals surface area contributed by atoms with E-state index in [1.165, 1.54) is 17.0 Å². The van der Waals surface area contributed by atoms with E-state index in [1.54, 1.807) is 25.1 Å². The maximum atomic E-state index is 13.4. The third-order valence-electron chi connectivity index (χ3n) is 5.43. The van der Waals surface area contributed by atoms with Crippen LogP contribution in [-0.2, 0) is 17.9 Å². The number of hydrogen-bond donors (Lipinski definition) is 1. The van der Waals surface area contributed by atoms with Gasteiger partial charge in [0.15, 0.2) is 5.76 Å². The summed E-state index contributed by atoms with van der Waals surface area (Å²) in [6.45, 7) is 2.38.